The van der Waals surface area contributed by atoms with Gasteiger partial charge in [-0.3, -0.25) is 9.59 Å². The molecule has 7 nitrogen and oxygen atoms in total. The summed E-state index contributed by atoms with van der Waals surface area (Å²) in [6.45, 7) is 6.60. The van der Waals surface area contributed by atoms with Gasteiger partial charge in [0.1, 0.15) is 11.7 Å². The molecule has 0 spiro atoms. The number of H-pyrrole nitrogens is 1. The number of hydrogen-bond acceptors (Lipinski definition) is 3. The molecule has 0 saturated carbocycles. The van der Waals surface area contributed by atoms with E-state index in [0.717, 1.165) is 0 Å². The molecule has 20 heavy (non-hydrogen) atoms. The van der Waals surface area contributed by atoms with E-state index in [1.165, 1.54) is 13.0 Å². The number of aromatic amines is 1. The summed E-state index contributed by atoms with van der Waals surface area (Å²) in [6, 6.07) is 0.816. The smallest absolute Gasteiger partial charge is 0.354 e. The zero-order valence-electron chi connectivity index (χ0n) is 11.9. The zero-order valence-corrected chi connectivity index (χ0v) is 11.9. The first-order valence-electron chi connectivity index (χ1n) is 6.23. The molecule has 0 aliphatic heterocycles. The van der Waals surface area contributed by atoms with E-state index in [2.05, 4.69) is 15.6 Å². The van der Waals surface area contributed by atoms with Crippen molar-refractivity contribution in [3.05, 3.63) is 17.5 Å². The zero-order chi connectivity index (χ0) is 15.4. The topological polar surface area (TPSA) is 111 Å². The molecule has 1 rings (SSSR count). The molecule has 1 unspecified atom stereocenters. The number of rotatable bonds is 5. The van der Waals surface area contributed by atoms with Crippen molar-refractivity contribution < 1.29 is 19.5 Å². The van der Waals surface area contributed by atoms with Gasteiger partial charge in [-0.1, -0.05) is 13.8 Å². The van der Waals surface area contributed by atoms with Gasteiger partial charge in [0, 0.05) is 12.6 Å². The lowest BCUT2D eigenvalue weighted by molar-refractivity contribution is -0.126. The van der Waals surface area contributed by atoms with Gasteiger partial charge in [0.2, 0.25) is 11.8 Å². The first kappa shape index (κ1) is 15.7. The van der Waals surface area contributed by atoms with Crippen molar-refractivity contribution >= 4 is 23.5 Å². The third kappa shape index (κ3) is 3.84. The highest BCUT2D eigenvalue weighted by Gasteiger charge is 2.25. The van der Waals surface area contributed by atoms with Gasteiger partial charge in [0.15, 0.2) is 0 Å². The molecule has 1 aromatic heterocycles. The summed E-state index contributed by atoms with van der Waals surface area (Å²) in [7, 11) is 0. The molecule has 0 saturated heterocycles. The first-order chi connectivity index (χ1) is 9.22. The quantitative estimate of drug-likeness (QED) is 0.648. The Morgan fingerprint density at radius 3 is 2.35 bits per heavy atom. The Labute approximate surface area is 116 Å². The van der Waals surface area contributed by atoms with Gasteiger partial charge in [-0.2, -0.15) is 0 Å². The second-order valence-electron chi connectivity index (χ2n) is 4.96. The van der Waals surface area contributed by atoms with Crippen LogP contribution in [-0.4, -0.2) is 33.9 Å². The monoisotopic (exact) mass is 281 g/mol. The molecule has 0 aliphatic rings. The number of anilines is 1. The standard InChI is InChI=1S/C13H19N3O4/c1-6(2)10(15-8(4)17)12(18)16-9-5-7(3)14-11(9)13(19)20/h5-6,10,14H,1-4H3,(H,15,17)(H,16,18)(H,19,20). The Morgan fingerprint density at radius 1 is 1.30 bits per heavy atom. The fraction of sp³-hybridized carbons (Fsp3) is 0.462. The van der Waals surface area contributed by atoms with Crippen LogP contribution in [0, 0.1) is 12.8 Å². The van der Waals surface area contributed by atoms with Gasteiger partial charge in [-0.15, -0.1) is 0 Å². The molecule has 1 atom stereocenters. The first-order valence-corrected chi connectivity index (χ1v) is 6.23. The van der Waals surface area contributed by atoms with Crippen molar-refractivity contribution in [2.45, 2.75) is 33.7 Å². The normalized spacial score (nSPS) is 12.1. The molecule has 1 aromatic rings. The summed E-state index contributed by atoms with van der Waals surface area (Å²) in [5.41, 5.74) is 0.732. The van der Waals surface area contributed by atoms with E-state index in [1.807, 2.05) is 0 Å². The summed E-state index contributed by atoms with van der Waals surface area (Å²) < 4.78 is 0. The SMILES string of the molecule is CC(=O)NC(C(=O)Nc1cc(C)[nH]c1C(=O)O)C(C)C. The van der Waals surface area contributed by atoms with Crippen LogP contribution in [-0.2, 0) is 9.59 Å². The molecule has 2 amide bonds. The van der Waals surface area contributed by atoms with Crippen molar-refractivity contribution in [2.75, 3.05) is 5.32 Å². The Hall–Kier alpha value is -2.31. The summed E-state index contributed by atoms with van der Waals surface area (Å²) in [4.78, 5) is 36.9. The van der Waals surface area contributed by atoms with Gasteiger partial charge in [0.05, 0.1) is 5.69 Å². The maximum Gasteiger partial charge on any atom is 0.354 e. The molecule has 4 N–H and O–H groups in total. The van der Waals surface area contributed by atoms with Gasteiger partial charge >= 0.3 is 5.97 Å². The molecule has 0 aliphatic carbocycles. The fourth-order valence-corrected chi connectivity index (χ4v) is 1.82. The number of amides is 2. The van der Waals surface area contributed by atoms with E-state index in [0.29, 0.717) is 5.69 Å². The average molecular weight is 281 g/mol. The summed E-state index contributed by atoms with van der Waals surface area (Å²) >= 11 is 0. The van der Waals surface area contributed by atoms with Crippen molar-refractivity contribution in [1.82, 2.24) is 10.3 Å². The second kappa shape index (κ2) is 6.23. The average Bonchev–Trinajstić information content (AvgIpc) is 2.66. The third-order valence-corrected chi connectivity index (χ3v) is 2.73. The largest absolute Gasteiger partial charge is 0.477 e. The van der Waals surface area contributed by atoms with Crippen LogP contribution in [0.1, 0.15) is 37.0 Å². The van der Waals surface area contributed by atoms with Crippen molar-refractivity contribution in [2.24, 2.45) is 5.92 Å². The van der Waals surface area contributed by atoms with Crippen LogP contribution in [0.3, 0.4) is 0 Å². The second-order valence-corrected chi connectivity index (χ2v) is 4.96. The molecule has 0 fully saturated rings. The maximum absolute atomic E-state index is 12.1. The highest BCUT2D eigenvalue weighted by atomic mass is 16.4. The van der Waals surface area contributed by atoms with Crippen molar-refractivity contribution in [3.63, 3.8) is 0 Å². The van der Waals surface area contributed by atoms with Crippen LogP contribution in [0.15, 0.2) is 6.07 Å². The van der Waals surface area contributed by atoms with E-state index in [9.17, 15) is 14.4 Å². The number of aromatic carboxylic acids is 1. The Kier molecular flexibility index (Phi) is 4.90. The number of nitrogens with one attached hydrogen (secondary N) is 3. The molecule has 0 aromatic carbocycles. The lowest BCUT2D eigenvalue weighted by Crippen LogP contribution is -2.46. The number of carbonyl (C=O) groups is 3. The maximum atomic E-state index is 12.1. The van der Waals surface area contributed by atoms with Crippen LogP contribution < -0.4 is 10.6 Å². The lowest BCUT2D eigenvalue weighted by atomic mass is 10.0. The highest BCUT2D eigenvalue weighted by Crippen LogP contribution is 2.18. The van der Waals surface area contributed by atoms with Gasteiger partial charge in [-0.05, 0) is 18.9 Å². The van der Waals surface area contributed by atoms with Crippen LogP contribution in [0.5, 0.6) is 0 Å². The minimum atomic E-state index is -1.16. The summed E-state index contributed by atoms with van der Waals surface area (Å²) in [5, 5.41) is 14.1. The van der Waals surface area contributed by atoms with Crippen LogP contribution in [0.25, 0.3) is 0 Å². The number of hydrogen-bond donors (Lipinski definition) is 4. The lowest BCUT2D eigenvalue weighted by Gasteiger charge is -2.20. The highest BCUT2D eigenvalue weighted by molar-refractivity contribution is 6.02. The van der Waals surface area contributed by atoms with Gasteiger partial charge < -0.3 is 20.7 Å². The molecule has 1 heterocycles. The van der Waals surface area contributed by atoms with Gasteiger partial charge in [0.25, 0.3) is 0 Å². The third-order valence-electron chi connectivity index (χ3n) is 2.73. The molecule has 0 radical (unpaired) electrons. The van der Waals surface area contributed by atoms with E-state index >= 15 is 0 Å². The molecule has 0 bridgehead atoms. The predicted octanol–water partition coefficient (Wildman–Crippen LogP) is 1.12. The Bertz CT molecular complexity index is 534. The Morgan fingerprint density at radius 2 is 1.90 bits per heavy atom. The van der Waals surface area contributed by atoms with Crippen molar-refractivity contribution in [1.29, 1.82) is 0 Å². The minimum Gasteiger partial charge on any atom is -0.477 e. The minimum absolute atomic E-state index is 0.0822. The molecule has 7 heteroatoms. The predicted molar refractivity (Wildman–Crippen MR) is 73.6 cm³/mol. The number of aromatic nitrogens is 1. The number of aryl methyl sites for hydroxylation is 1. The molecular formula is C13H19N3O4. The van der Waals surface area contributed by atoms with Crippen molar-refractivity contribution in [3.8, 4) is 0 Å². The van der Waals surface area contributed by atoms with Crippen LogP contribution >= 0.6 is 0 Å². The Balaban J connectivity index is 2.93. The van der Waals surface area contributed by atoms with E-state index in [4.69, 9.17) is 5.11 Å². The summed E-state index contributed by atoms with van der Waals surface area (Å²) in [6.07, 6.45) is 0. The van der Waals surface area contributed by atoms with Gasteiger partial charge in [-0.25, -0.2) is 4.79 Å². The fourth-order valence-electron chi connectivity index (χ4n) is 1.82. The van der Waals surface area contributed by atoms with E-state index < -0.39 is 17.9 Å². The van der Waals surface area contributed by atoms with Crippen LogP contribution in [0.4, 0.5) is 5.69 Å². The summed E-state index contributed by atoms with van der Waals surface area (Å²) in [5.74, 6) is -2.04. The number of carboxylic acid groups (broad SMARTS) is 1. The molecular weight excluding hydrogens is 262 g/mol. The number of carboxylic acids is 1. The van der Waals surface area contributed by atoms with E-state index in [1.54, 1.807) is 20.8 Å². The molecule has 110 valence electrons. The number of carbonyl (C=O) groups excluding carboxylic acids is 2. The van der Waals surface area contributed by atoms with E-state index in [-0.39, 0.29) is 23.2 Å². The van der Waals surface area contributed by atoms with Crippen LogP contribution in [0.2, 0.25) is 0 Å².